The monoisotopic (exact) mass is 821 g/mol. The van der Waals surface area contributed by atoms with E-state index >= 15 is 0 Å². The van der Waals surface area contributed by atoms with Crippen LogP contribution in [0.1, 0.15) is 48.3 Å². The SMILES string of the molecule is [2H]c1c([2H])c([2H])c(-c2c([2H])c([2H])c([2H])c([2H])c2-c2c([2H])c([2H])c(N(c3ccc4c(c3)C(C)(C)c3ccccc3-4)c3c([2H])c([2H])c(-c4ccc5c(c4)c4ccccc4n5-c4cccc5ccccc45)c([2H])c3[2H])c([2H])c2[2H])c([2H])c1[2H]. The number of fused-ring (bicyclic) bond motifs is 7. The molecule has 1 aliphatic rings. The third-order valence-corrected chi connectivity index (χ3v) is 12.2. The van der Waals surface area contributed by atoms with Gasteiger partial charge < -0.3 is 9.47 Å². The molecule has 0 N–H and O–H groups in total. The quantitative estimate of drug-likeness (QED) is 0.155. The van der Waals surface area contributed by atoms with Gasteiger partial charge in [0, 0.05) is 38.6 Å². The average molecular weight is 822 g/mol. The number of para-hydroxylation sites is 1. The summed E-state index contributed by atoms with van der Waals surface area (Å²) in [7, 11) is 0. The summed E-state index contributed by atoms with van der Waals surface area (Å²) in [5, 5.41) is 3.75. The minimum absolute atomic E-state index is 0.0357. The fraction of sp³-hybridized carbons (Fsp3) is 0.0492. The molecule has 0 aliphatic heterocycles. The molecule has 0 unspecified atom stereocenters. The standard InChI is InChI=1S/C61H44N2/c1-61(2)56-24-12-10-22-52(56)53-37-36-48(40-57(53)61)62(47-34-29-44(30-35-47)50-20-9-8-19-49(50)42-15-4-3-5-16-42)46-32-27-41(28-33-46)45-31-38-60-55(39-45)54-23-11-13-25-59(54)63(60)58-26-14-18-43-17-6-7-21-51(43)58/h3-40H,1-2H3/i3D,4D,5D,8D,9D,15D,16D,19D,20D,27D,28D,29D,30D,32D,33D,34D,35D. The zero-order valence-electron chi connectivity index (χ0n) is 51.0. The number of hydrogen-bond acceptors (Lipinski definition) is 1. The Bertz CT molecular complexity index is 4470. The average Bonchev–Trinajstić information content (AvgIpc) is 2.84. The summed E-state index contributed by atoms with van der Waals surface area (Å²) in [6.07, 6.45) is 0. The van der Waals surface area contributed by atoms with Crippen LogP contribution in [-0.4, -0.2) is 4.57 Å². The molecule has 63 heavy (non-hydrogen) atoms. The van der Waals surface area contributed by atoms with Crippen molar-refractivity contribution in [3.8, 4) is 50.2 Å². The van der Waals surface area contributed by atoms with Crippen molar-refractivity contribution in [2.45, 2.75) is 19.3 Å². The van der Waals surface area contributed by atoms with Crippen LogP contribution in [0.25, 0.3) is 82.8 Å². The molecule has 2 heteroatoms. The van der Waals surface area contributed by atoms with E-state index in [1.807, 2.05) is 117 Å². The van der Waals surface area contributed by atoms with Crippen LogP contribution in [0, 0.1) is 0 Å². The van der Waals surface area contributed by atoms with Crippen LogP contribution in [0.5, 0.6) is 0 Å². The summed E-state index contributed by atoms with van der Waals surface area (Å²) in [4.78, 5) is 1.17. The maximum Gasteiger partial charge on any atom is 0.0645 e. The first-order valence-corrected chi connectivity index (χ1v) is 20.5. The lowest BCUT2D eigenvalue weighted by atomic mass is 9.82. The first-order valence-electron chi connectivity index (χ1n) is 29.0. The van der Waals surface area contributed by atoms with Crippen molar-refractivity contribution < 1.29 is 23.3 Å². The van der Waals surface area contributed by atoms with E-state index < -0.39 is 142 Å². The van der Waals surface area contributed by atoms with E-state index in [2.05, 4.69) is 10.6 Å². The van der Waals surface area contributed by atoms with E-state index in [0.717, 1.165) is 60.5 Å². The fourth-order valence-electron chi connectivity index (χ4n) is 9.16. The van der Waals surface area contributed by atoms with Crippen molar-refractivity contribution in [1.82, 2.24) is 4.57 Å². The summed E-state index contributed by atoms with van der Waals surface area (Å²) < 4.78 is 159. The maximum absolute atomic E-state index is 9.89. The van der Waals surface area contributed by atoms with Crippen molar-refractivity contribution in [2.75, 3.05) is 4.90 Å². The molecule has 298 valence electrons. The van der Waals surface area contributed by atoms with Gasteiger partial charge in [0.05, 0.1) is 40.0 Å². The van der Waals surface area contributed by atoms with Crippen molar-refractivity contribution in [1.29, 1.82) is 0 Å². The molecule has 0 fully saturated rings. The van der Waals surface area contributed by atoms with Gasteiger partial charge in [0.2, 0.25) is 0 Å². The topological polar surface area (TPSA) is 8.17 Å². The van der Waals surface area contributed by atoms with Crippen molar-refractivity contribution >= 4 is 49.6 Å². The van der Waals surface area contributed by atoms with E-state index in [0.29, 0.717) is 5.56 Å². The molecule has 0 saturated carbocycles. The van der Waals surface area contributed by atoms with Gasteiger partial charge in [0.25, 0.3) is 0 Å². The van der Waals surface area contributed by atoms with Crippen LogP contribution in [-0.2, 0) is 5.41 Å². The highest BCUT2D eigenvalue weighted by Gasteiger charge is 2.35. The van der Waals surface area contributed by atoms with Gasteiger partial charge >= 0.3 is 0 Å². The van der Waals surface area contributed by atoms with Crippen LogP contribution in [0.4, 0.5) is 17.1 Å². The zero-order chi connectivity index (χ0) is 56.9. The molecule has 1 aromatic heterocycles. The van der Waals surface area contributed by atoms with Gasteiger partial charge in [-0.15, -0.1) is 0 Å². The molecule has 0 radical (unpaired) electrons. The Labute approximate surface area is 392 Å². The highest BCUT2D eigenvalue weighted by molar-refractivity contribution is 6.11. The largest absolute Gasteiger partial charge is 0.310 e. The fourth-order valence-corrected chi connectivity index (χ4v) is 9.16. The highest BCUT2D eigenvalue weighted by Crippen LogP contribution is 2.51. The molecule has 0 bridgehead atoms. The van der Waals surface area contributed by atoms with Crippen LogP contribution in [0.3, 0.4) is 0 Å². The lowest BCUT2D eigenvalue weighted by molar-refractivity contribution is 0.660. The Balaban J connectivity index is 1.11. The predicted molar refractivity (Wildman–Crippen MR) is 267 cm³/mol. The van der Waals surface area contributed by atoms with E-state index in [1.54, 1.807) is 18.2 Å². The minimum atomic E-state index is -0.874. The summed E-state index contributed by atoms with van der Waals surface area (Å²) in [6.45, 7) is 4.04. The molecule has 1 aliphatic carbocycles. The van der Waals surface area contributed by atoms with Gasteiger partial charge in [-0.25, -0.2) is 0 Å². The number of anilines is 3. The molecule has 11 aromatic rings. The highest BCUT2D eigenvalue weighted by atomic mass is 15.1. The van der Waals surface area contributed by atoms with Gasteiger partial charge in [0.15, 0.2) is 0 Å². The summed E-state index contributed by atoms with van der Waals surface area (Å²) in [6, 6.07) is 27.6. The molecule has 0 saturated heterocycles. The van der Waals surface area contributed by atoms with Crippen LogP contribution >= 0.6 is 0 Å². The number of nitrogens with zero attached hydrogens (tertiary/aromatic N) is 2. The first kappa shape index (κ1) is 23.3. The van der Waals surface area contributed by atoms with Crippen LogP contribution in [0.15, 0.2) is 230 Å². The van der Waals surface area contributed by atoms with Gasteiger partial charge in [-0.2, -0.15) is 0 Å². The van der Waals surface area contributed by atoms with Crippen LogP contribution in [0.2, 0.25) is 0 Å². The Hall–Kier alpha value is -7.94. The van der Waals surface area contributed by atoms with Gasteiger partial charge in [0.1, 0.15) is 0 Å². The van der Waals surface area contributed by atoms with E-state index in [1.165, 1.54) is 4.90 Å². The normalized spacial score (nSPS) is 16.5. The lowest BCUT2D eigenvalue weighted by Gasteiger charge is -2.28. The number of benzene rings is 10. The van der Waals surface area contributed by atoms with Gasteiger partial charge in [-0.3, -0.25) is 0 Å². The van der Waals surface area contributed by atoms with Crippen molar-refractivity contribution in [3.05, 3.63) is 241 Å². The minimum Gasteiger partial charge on any atom is -0.310 e. The molecule has 2 nitrogen and oxygen atoms in total. The lowest BCUT2D eigenvalue weighted by Crippen LogP contribution is -2.16. The predicted octanol–water partition coefficient (Wildman–Crippen LogP) is 16.7. The second-order valence-electron chi connectivity index (χ2n) is 16.0. The second-order valence-corrected chi connectivity index (χ2v) is 16.0. The molecular formula is C61H44N2. The van der Waals surface area contributed by atoms with Crippen LogP contribution < -0.4 is 4.90 Å². The van der Waals surface area contributed by atoms with Gasteiger partial charge in [-0.1, -0.05) is 183 Å². The second kappa shape index (κ2) is 14.6. The molecule has 12 rings (SSSR count). The summed E-state index contributed by atoms with van der Waals surface area (Å²) in [5.74, 6) is 0. The Morgan fingerprint density at radius 3 is 1.78 bits per heavy atom. The molecule has 1 heterocycles. The molecule has 10 aromatic carbocycles. The molecular weight excluding hydrogens is 761 g/mol. The summed E-state index contributed by atoms with van der Waals surface area (Å²) >= 11 is 0. The van der Waals surface area contributed by atoms with E-state index in [4.69, 9.17) is 12.3 Å². The van der Waals surface area contributed by atoms with E-state index in [-0.39, 0.29) is 11.3 Å². The summed E-state index contributed by atoms with van der Waals surface area (Å²) in [5.41, 5.74) is 2.53. The molecule has 0 atom stereocenters. The Morgan fingerprint density at radius 2 is 1.00 bits per heavy atom. The number of aromatic nitrogens is 1. The third kappa shape index (κ3) is 6.02. The first-order chi connectivity index (χ1) is 38.1. The molecule has 0 spiro atoms. The van der Waals surface area contributed by atoms with Crippen molar-refractivity contribution in [2.24, 2.45) is 0 Å². The zero-order valence-corrected chi connectivity index (χ0v) is 34.0. The number of rotatable bonds is 7. The van der Waals surface area contributed by atoms with Gasteiger partial charge in [-0.05, 0) is 122 Å². The third-order valence-electron chi connectivity index (χ3n) is 12.2. The van der Waals surface area contributed by atoms with Crippen molar-refractivity contribution in [3.63, 3.8) is 0 Å². The Kier molecular flexibility index (Phi) is 5.41. The number of hydrogen-bond donors (Lipinski definition) is 0. The molecule has 0 amide bonds. The Morgan fingerprint density at radius 1 is 0.397 bits per heavy atom. The smallest absolute Gasteiger partial charge is 0.0645 e. The van der Waals surface area contributed by atoms with E-state index in [9.17, 15) is 11.0 Å². The maximum atomic E-state index is 9.89.